The van der Waals surface area contributed by atoms with Gasteiger partial charge in [-0.1, -0.05) is 50.6 Å². The van der Waals surface area contributed by atoms with Crippen LogP contribution < -0.4 is 24.4 Å². The highest BCUT2D eigenvalue weighted by molar-refractivity contribution is 7.82. The summed E-state index contributed by atoms with van der Waals surface area (Å²) in [6.45, 7) is 2.51. The van der Waals surface area contributed by atoms with Crippen molar-refractivity contribution >= 4 is 53.6 Å². The minimum Gasteiger partial charge on any atom is -0.495 e. The van der Waals surface area contributed by atoms with Crippen molar-refractivity contribution in [1.82, 2.24) is 0 Å². The highest BCUT2D eigenvalue weighted by Crippen LogP contribution is 2.36. The summed E-state index contributed by atoms with van der Waals surface area (Å²) in [4.78, 5) is 24.5. The Bertz CT molecular complexity index is 911. The van der Waals surface area contributed by atoms with Crippen LogP contribution in [0.1, 0.15) is 32.6 Å². The summed E-state index contributed by atoms with van der Waals surface area (Å²) < 4.78 is 16.7. The SMILES string of the molecule is CCCCCCOC(=O)Nc1ccc(N(S)C(=O)Nc2cc(Cl)c(OC)cc2OC)cc1. The number of thiol groups is 1. The van der Waals surface area contributed by atoms with Crippen molar-refractivity contribution < 1.29 is 23.8 Å². The van der Waals surface area contributed by atoms with Gasteiger partial charge < -0.3 is 19.5 Å². The van der Waals surface area contributed by atoms with Crippen molar-refractivity contribution in [3.63, 3.8) is 0 Å². The Kier molecular flexibility index (Phi) is 10.3. The fourth-order valence-corrected chi connectivity index (χ4v) is 3.20. The lowest BCUT2D eigenvalue weighted by molar-refractivity contribution is 0.159. The van der Waals surface area contributed by atoms with Gasteiger partial charge in [0.1, 0.15) is 11.5 Å². The lowest BCUT2D eigenvalue weighted by atomic mass is 10.2. The van der Waals surface area contributed by atoms with Crippen LogP contribution in [0.4, 0.5) is 26.7 Å². The van der Waals surface area contributed by atoms with Gasteiger partial charge in [-0.3, -0.25) is 5.32 Å². The first-order valence-electron chi connectivity index (χ1n) is 10.1. The van der Waals surface area contributed by atoms with Crippen LogP contribution in [0.5, 0.6) is 11.5 Å². The second-order valence-electron chi connectivity index (χ2n) is 6.80. The molecule has 2 rings (SSSR count). The summed E-state index contributed by atoms with van der Waals surface area (Å²) in [6.07, 6.45) is 3.61. The van der Waals surface area contributed by atoms with E-state index >= 15 is 0 Å². The van der Waals surface area contributed by atoms with E-state index in [0.29, 0.717) is 40.2 Å². The Labute approximate surface area is 198 Å². The number of benzene rings is 2. The molecule has 0 aliphatic rings. The van der Waals surface area contributed by atoms with Crippen molar-refractivity contribution in [2.24, 2.45) is 0 Å². The summed E-state index contributed by atoms with van der Waals surface area (Å²) in [7, 11) is 2.96. The van der Waals surface area contributed by atoms with Crippen molar-refractivity contribution in [3.8, 4) is 11.5 Å². The molecule has 2 aromatic rings. The van der Waals surface area contributed by atoms with Crippen molar-refractivity contribution in [1.29, 1.82) is 0 Å². The molecule has 2 N–H and O–H groups in total. The van der Waals surface area contributed by atoms with E-state index in [1.54, 1.807) is 30.3 Å². The maximum atomic E-state index is 12.6. The number of unbranched alkanes of at least 4 members (excludes halogenated alkanes) is 3. The van der Waals surface area contributed by atoms with Crippen LogP contribution in [0.25, 0.3) is 0 Å². The topological polar surface area (TPSA) is 89.1 Å². The molecule has 0 spiro atoms. The Morgan fingerprint density at radius 1 is 1.00 bits per heavy atom. The first-order valence-corrected chi connectivity index (χ1v) is 10.9. The van der Waals surface area contributed by atoms with Gasteiger partial charge in [0.2, 0.25) is 0 Å². The molecule has 0 radical (unpaired) electrons. The molecule has 10 heteroatoms. The molecule has 0 aliphatic carbocycles. The standard InChI is InChI=1S/C22H28ClN3O5S/c1-4-5-6-7-12-31-22(28)24-15-8-10-16(11-9-15)26(32)21(27)25-18-13-17(23)19(29-2)14-20(18)30-3/h8-11,13-14,32H,4-7,12H2,1-3H3,(H,24,28)(H,25,27). The van der Waals surface area contributed by atoms with Gasteiger partial charge in [-0.05, 0) is 36.8 Å². The third-order valence-corrected chi connectivity index (χ3v) is 5.21. The third kappa shape index (κ3) is 7.42. The van der Waals surface area contributed by atoms with Gasteiger partial charge in [0.15, 0.2) is 0 Å². The molecular formula is C22H28ClN3O5S. The Hall–Kier alpha value is -2.78. The van der Waals surface area contributed by atoms with E-state index < -0.39 is 12.1 Å². The van der Waals surface area contributed by atoms with Crippen molar-refractivity contribution in [3.05, 3.63) is 41.4 Å². The van der Waals surface area contributed by atoms with E-state index in [-0.39, 0.29) is 0 Å². The average Bonchev–Trinajstić information content (AvgIpc) is 2.79. The van der Waals surface area contributed by atoms with E-state index in [1.807, 2.05) is 0 Å². The molecule has 0 bridgehead atoms. The predicted octanol–water partition coefficient (Wildman–Crippen LogP) is 6.37. The smallest absolute Gasteiger partial charge is 0.411 e. The van der Waals surface area contributed by atoms with Gasteiger partial charge in [-0.15, -0.1) is 0 Å². The molecular weight excluding hydrogens is 454 g/mol. The maximum Gasteiger partial charge on any atom is 0.411 e. The summed E-state index contributed by atoms with van der Waals surface area (Å²) in [5.41, 5.74) is 1.39. The van der Waals surface area contributed by atoms with Gasteiger partial charge in [0, 0.05) is 11.8 Å². The Balaban J connectivity index is 1.94. The molecule has 0 heterocycles. The second kappa shape index (κ2) is 12.9. The molecule has 0 unspecified atom stereocenters. The van der Waals surface area contributed by atoms with Crippen LogP contribution in [0, 0.1) is 0 Å². The van der Waals surface area contributed by atoms with Gasteiger partial charge in [0.05, 0.1) is 37.2 Å². The van der Waals surface area contributed by atoms with Gasteiger partial charge in [0.25, 0.3) is 0 Å². The first-order chi connectivity index (χ1) is 15.4. The Morgan fingerprint density at radius 3 is 2.31 bits per heavy atom. The van der Waals surface area contributed by atoms with E-state index in [9.17, 15) is 9.59 Å². The monoisotopic (exact) mass is 481 g/mol. The van der Waals surface area contributed by atoms with E-state index in [1.165, 1.54) is 20.3 Å². The molecule has 0 aliphatic heterocycles. The normalized spacial score (nSPS) is 10.3. The summed E-state index contributed by atoms with van der Waals surface area (Å²) in [6, 6.07) is 9.15. The van der Waals surface area contributed by atoms with Crippen molar-refractivity contribution in [2.45, 2.75) is 32.6 Å². The van der Waals surface area contributed by atoms with E-state index in [0.717, 1.165) is 30.0 Å². The molecule has 2 aromatic carbocycles. The number of carbonyl (C=O) groups excluding carboxylic acids is 2. The summed E-state index contributed by atoms with van der Waals surface area (Å²) in [5, 5.41) is 5.67. The van der Waals surface area contributed by atoms with Gasteiger partial charge >= 0.3 is 12.1 Å². The lowest BCUT2D eigenvalue weighted by Crippen LogP contribution is -2.27. The minimum absolute atomic E-state index is 0.321. The number of rotatable bonds is 10. The van der Waals surface area contributed by atoms with Crippen LogP contribution in [0.15, 0.2) is 36.4 Å². The largest absolute Gasteiger partial charge is 0.495 e. The highest BCUT2D eigenvalue weighted by Gasteiger charge is 2.17. The molecule has 0 saturated carbocycles. The Morgan fingerprint density at radius 2 is 1.69 bits per heavy atom. The van der Waals surface area contributed by atoms with E-state index in [2.05, 4.69) is 30.4 Å². The molecule has 0 saturated heterocycles. The quantitative estimate of drug-likeness (QED) is 0.271. The zero-order valence-electron chi connectivity index (χ0n) is 18.3. The molecule has 3 amide bonds. The second-order valence-corrected chi connectivity index (χ2v) is 7.60. The van der Waals surface area contributed by atoms with Crippen LogP contribution >= 0.6 is 24.4 Å². The number of hydrogen-bond acceptors (Lipinski definition) is 6. The molecule has 8 nitrogen and oxygen atoms in total. The number of anilines is 3. The molecule has 174 valence electrons. The predicted molar refractivity (Wildman–Crippen MR) is 131 cm³/mol. The number of nitrogens with zero attached hydrogens (tertiary/aromatic N) is 1. The number of ether oxygens (including phenoxy) is 3. The third-order valence-electron chi connectivity index (χ3n) is 4.50. The fourth-order valence-electron chi connectivity index (χ4n) is 2.78. The van der Waals surface area contributed by atoms with Crippen LogP contribution in [0.2, 0.25) is 5.02 Å². The number of carbonyl (C=O) groups is 2. The lowest BCUT2D eigenvalue weighted by Gasteiger charge is -2.19. The van der Waals surface area contributed by atoms with Crippen LogP contribution in [-0.4, -0.2) is 33.0 Å². The number of hydrogen-bond donors (Lipinski definition) is 3. The molecule has 0 atom stereocenters. The number of amides is 3. The maximum absolute atomic E-state index is 12.6. The minimum atomic E-state index is -0.528. The number of methoxy groups -OCH3 is 2. The van der Waals surface area contributed by atoms with Crippen molar-refractivity contribution in [2.75, 3.05) is 35.8 Å². The number of nitrogens with one attached hydrogen (secondary N) is 2. The average molecular weight is 482 g/mol. The first kappa shape index (κ1) is 25.5. The molecule has 0 aromatic heterocycles. The van der Waals surface area contributed by atoms with Crippen LogP contribution in [0.3, 0.4) is 0 Å². The van der Waals surface area contributed by atoms with Gasteiger partial charge in [-0.2, -0.15) is 0 Å². The molecule has 32 heavy (non-hydrogen) atoms. The van der Waals surface area contributed by atoms with Gasteiger partial charge in [-0.25, -0.2) is 13.9 Å². The number of halogens is 1. The summed E-state index contributed by atoms with van der Waals surface area (Å²) >= 11 is 10.4. The zero-order valence-corrected chi connectivity index (χ0v) is 20.0. The van der Waals surface area contributed by atoms with E-state index in [4.69, 9.17) is 25.8 Å². The molecule has 0 fully saturated rings. The zero-order chi connectivity index (χ0) is 23.5. The number of urea groups is 1. The fraction of sp³-hybridized carbons (Fsp3) is 0.364. The summed E-state index contributed by atoms with van der Waals surface area (Å²) in [5.74, 6) is 0.806. The van der Waals surface area contributed by atoms with Crippen LogP contribution in [-0.2, 0) is 4.74 Å². The highest BCUT2D eigenvalue weighted by atomic mass is 35.5.